The molecular weight excluding hydrogens is 586 g/mol. The van der Waals surface area contributed by atoms with Crippen molar-refractivity contribution in [2.45, 2.75) is 18.6 Å². The number of likely N-dealkylation sites (N-methyl/N-ethyl adjacent to an activating group) is 1. The number of methoxy groups -OCH3 is 1. The number of aromatic nitrogens is 2. The molecule has 1 atom stereocenters. The fourth-order valence-electron chi connectivity index (χ4n) is 5.02. The molecule has 232 valence electrons. The molecule has 11 nitrogen and oxygen atoms in total. The summed E-state index contributed by atoms with van der Waals surface area (Å²) in [6.45, 7) is 4.74. The molecule has 1 aromatic heterocycles. The average Bonchev–Trinajstić information content (AvgIpc) is 3.48. The minimum atomic E-state index is -4.85. The van der Waals surface area contributed by atoms with Crippen LogP contribution < -0.4 is 25.3 Å². The van der Waals surface area contributed by atoms with Crippen LogP contribution in [0.25, 0.3) is 0 Å². The Kier molecular flexibility index (Phi) is 8.58. The molecule has 0 saturated carbocycles. The Labute approximate surface area is 250 Å². The Hall–Kier alpha value is -4.92. The molecule has 0 bridgehead atoms. The van der Waals surface area contributed by atoms with Crippen LogP contribution in [0.5, 0.6) is 5.75 Å². The fraction of sp³-hybridized carbons (Fsp3) is 0.310. The minimum Gasteiger partial charge on any atom is -0.494 e. The van der Waals surface area contributed by atoms with Crippen molar-refractivity contribution < 1.29 is 36.7 Å². The third kappa shape index (κ3) is 6.22. The Morgan fingerprint density at radius 2 is 1.98 bits per heavy atom. The fourth-order valence-corrected chi connectivity index (χ4v) is 5.02. The van der Waals surface area contributed by atoms with Crippen molar-refractivity contribution in [2.75, 3.05) is 61.0 Å². The third-order valence-corrected chi connectivity index (χ3v) is 7.30. The lowest BCUT2D eigenvalue weighted by molar-refractivity contribution is -0.140. The highest BCUT2D eigenvalue weighted by atomic mass is 19.4. The maximum atomic E-state index is 15.0. The first kappa shape index (κ1) is 30.5. The quantitative estimate of drug-likeness (QED) is 0.276. The number of hydroxylamine groups is 1. The molecule has 3 heterocycles. The van der Waals surface area contributed by atoms with Gasteiger partial charge in [-0.2, -0.15) is 13.2 Å². The van der Waals surface area contributed by atoms with Gasteiger partial charge < -0.3 is 25.2 Å². The lowest BCUT2D eigenvalue weighted by Gasteiger charge is -2.35. The van der Waals surface area contributed by atoms with E-state index in [-0.39, 0.29) is 42.7 Å². The summed E-state index contributed by atoms with van der Waals surface area (Å²) < 4.78 is 60.7. The molecule has 2 saturated heterocycles. The molecule has 0 radical (unpaired) electrons. The highest BCUT2D eigenvalue weighted by Gasteiger charge is 2.38. The second-order valence-electron chi connectivity index (χ2n) is 10.1. The summed E-state index contributed by atoms with van der Waals surface area (Å²) in [5.74, 6) is -1.13. The van der Waals surface area contributed by atoms with Crippen LogP contribution in [0.15, 0.2) is 55.4 Å². The van der Waals surface area contributed by atoms with E-state index >= 15 is 0 Å². The summed E-state index contributed by atoms with van der Waals surface area (Å²) >= 11 is 0. The number of ether oxygens (including phenoxy) is 1. The smallest absolute Gasteiger partial charge is 0.419 e. The molecule has 0 unspecified atom stereocenters. The van der Waals surface area contributed by atoms with Crippen molar-refractivity contribution >= 4 is 40.5 Å². The molecule has 2 fully saturated rings. The summed E-state index contributed by atoms with van der Waals surface area (Å²) in [5.41, 5.74) is -0.199. The summed E-state index contributed by atoms with van der Waals surface area (Å²) in [5, 5.41) is 7.13. The first-order chi connectivity index (χ1) is 21.0. The standard InChI is InChI=1S/C29H29F4N7O4/c1-4-26(41)37-19-12-20(23(43-3)13-22(19)39-10-9-38(2)27(42)15-39)36-24-14-25(35-16-34-24)40-21(8-11-44-40)17-6-5-7-18(28(17)30)29(31,32)33/h4-7,12-14,16,21H,1,8-11,15H2,2-3H3,(H,37,41)(H,34,35,36)/t21-/m1/s1. The van der Waals surface area contributed by atoms with Gasteiger partial charge in [0.05, 0.1) is 48.9 Å². The third-order valence-electron chi connectivity index (χ3n) is 7.30. The second-order valence-corrected chi connectivity index (χ2v) is 10.1. The average molecular weight is 616 g/mol. The minimum absolute atomic E-state index is 0.0839. The number of nitrogens with one attached hydrogen (secondary N) is 2. The molecule has 2 aliphatic heterocycles. The number of anilines is 5. The molecule has 2 aromatic carbocycles. The van der Waals surface area contributed by atoms with E-state index in [0.29, 0.717) is 42.0 Å². The molecule has 2 amide bonds. The van der Waals surface area contributed by atoms with Gasteiger partial charge >= 0.3 is 6.18 Å². The largest absolute Gasteiger partial charge is 0.494 e. The van der Waals surface area contributed by atoms with Crippen molar-refractivity contribution in [1.29, 1.82) is 0 Å². The summed E-state index contributed by atoms with van der Waals surface area (Å²) in [7, 11) is 3.17. The number of carbonyl (C=O) groups is 2. The normalized spacial score (nSPS) is 17.1. The highest BCUT2D eigenvalue weighted by Crippen LogP contribution is 2.41. The molecule has 3 aromatic rings. The summed E-state index contributed by atoms with van der Waals surface area (Å²) in [4.78, 5) is 42.2. The topological polar surface area (TPSA) is 112 Å². The van der Waals surface area contributed by atoms with Crippen LogP contribution in [0.4, 0.5) is 46.3 Å². The summed E-state index contributed by atoms with van der Waals surface area (Å²) in [6.07, 6.45) is -2.29. The van der Waals surface area contributed by atoms with E-state index in [1.807, 2.05) is 4.90 Å². The van der Waals surface area contributed by atoms with Gasteiger partial charge in [0, 0.05) is 44.3 Å². The number of alkyl halides is 3. The number of benzene rings is 2. The molecular formula is C29H29F4N7O4. The van der Waals surface area contributed by atoms with Gasteiger partial charge in [0.25, 0.3) is 0 Å². The van der Waals surface area contributed by atoms with Crippen molar-refractivity contribution in [3.05, 3.63) is 72.3 Å². The predicted molar refractivity (Wildman–Crippen MR) is 154 cm³/mol. The van der Waals surface area contributed by atoms with E-state index in [2.05, 4.69) is 27.2 Å². The lowest BCUT2D eigenvalue weighted by Crippen LogP contribution is -2.48. The lowest BCUT2D eigenvalue weighted by atomic mass is 10.0. The van der Waals surface area contributed by atoms with Gasteiger partial charge in [-0.05, 0) is 18.2 Å². The Bertz CT molecular complexity index is 1590. The zero-order valence-corrected chi connectivity index (χ0v) is 23.8. The van der Waals surface area contributed by atoms with E-state index < -0.39 is 29.5 Å². The van der Waals surface area contributed by atoms with Gasteiger partial charge in [0.15, 0.2) is 5.82 Å². The van der Waals surface area contributed by atoms with Gasteiger partial charge in [0.2, 0.25) is 11.8 Å². The van der Waals surface area contributed by atoms with Gasteiger partial charge in [-0.25, -0.2) is 19.4 Å². The van der Waals surface area contributed by atoms with E-state index in [4.69, 9.17) is 9.57 Å². The number of halogens is 4. The van der Waals surface area contributed by atoms with Crippen LogP contribution in [0.1, 0.15) is 23.6 Å². The number of piperazine rings is 1. The van der Waals surface area contributed by atoms with Gasteiger partial charge in [-0.1, -0.05) is 18.7 Å². The van der Waals surface area contributed by atoms with E-state index in [0.717, 1.165) is 12.1 Å². The summed E-state index contributed by atoms with van der Waals surface area (Å²) in [6, 6.07) is 7.04. The number of nitrogens with zero attached hydrogens (tertiary/aromatic N) is 5. The number of hydrogen-bond acceptors (Lipinski definition) is 9. The van der Waals surface area contributed by atoms with E-state index in [1.54, 1.807) is 24.1 Å². The van der Waals surface area contributed by atoms with Crippen LogP contribution in [0.2, 0.25) is 0 Å². The Morgan fingerprint density at radius 1 is 1.18 bits per heavy atom. The number of hydrogen-bond donors (Lipinski definition) is 2. The number of amides is 2. The van der Waals surface area contributed by atoms with Crippen molar-refractivity contribution in [2.24, 2.45) is 0 Å². The van der Waals surface area contributed by atoms with Crippen molar-refractivity contribution in [3.8, 4) is 5.75 Å². The first-order valence-corrected chi connectivity index (χ1v) is 13.5. The molecule has 15 heteroatoms. The maximum Gasteiger partial charge on any atom is 0.419 e. The van der Waals surface area contributed by atoms with Gasteiger partial charge in [-0.3, -0.25) is 14.4 Å². The van der Waals surface area contributed by atoms with Crippen LogP contribution in [0, 0.1) is 5.82 Å². The zero-order valence-electron chi connectivity index (χ0n) is 23.8. The van der Waals surface area contributed by atoms with E-state index in [9.17, 15) is 27.2 Å². The first-order valence-electron chi connectivity index (χ1n) is 13.5. The van der Waals surface area contributed by atoms with Crippen LogP contribution in [-0.4, -0.2) is 67.1 Å². The van der Waals surface area contributed by atoms with Crippen LogP contribution >= 0.6 is 0 Å². The number of rotatable bonds is 8. The molecule has 2 N–H and O–H groups in total. The Balaban J connectivity index is 1.46. The maximum absolute atomic E-state index is 15.0. The van der Waals surface area contributed by atoms with Crippen molar-refractivity contribution in [1.82, 2.24) is 14.9 Å². The second kappa shape index (κ2) is 12.4. The zero-order chi connectivity index (χ0) is 31.6. The van der Waals surface area contributed by atoms with Gasteiger partial charge in [-0.15, -0.1) is 0 Å². The van der Waals surface area contributed by atoms with E-state index in [1.165, 1.54) is 30.6 Å². The van der Waals surface area contributed by atoms with Gasteiger partial charge in [0.1, 0.15) is 23.7 Å². The predicted octanol–water partition coefficient (Wildman–Crippen LogP) is 4.67. The van der Waals surface area contributed by atoms with Crippen molar-refractivity contribution in [3.63, 3.8) is 0 Å². The molecule has 5 rings (SSSR count). The Morgan fingerprint density at radius 3 is 2.68 bits per heavy atom. The van der Waals surface area contributed by atoms with Crippen LogP contribution in [0.3, 0.4) is 0 Å². The highest BCUT2D eigenvalue weighted by molar-refractivity contribution is 6.02. The molecule has 0 spiro atoms. The monoisotopic (exact) mass is 615 g/mol. The van der Waals surface area contributed by atoms with Crippen LogP contribution in [-0.2, 0) is 20.6 Å². The molecule has 44 heavy (non-hydrogen) atoms. The SMILES string of the molecule is C=CC(=O)Nc1cc(Nc2cc(N3OCC[C@@H]3c3cccc(C(F)(F)F)c3F)ncn2)c(OC)cc1N1CCN(C)C(=O)C1. The molecule has 2 aliphatic rings. The number of carbonyl (C=O) groups excluding carboxylic acids is 2. The molecule has 0 aliphatic carbocycles.